The van der Waals surface area contributed by atoms with E-state index in [2.05, 4.69) is 9.97 Å². The van der Waals surface area contributed by atoms with Crippen LogP contribution in [0.1, 0.15) is 5.56 Å². The van der Waals surface area contributed by atoms with Crippen LogP contribution in [0.3, 0.4) is 0 Å². The molecule has 0 aliphatic heterocycles. The number of nitrogens with zero attached hydrogens (tertiary/aromatic N) is 2. The Morgan fingerprint density at radius 3 is 2.45 bits per heavy atom. The summed E-state index contributed by atoms with van der Waals surface area (Å²) in [5.41, 5.74) is 8.32. The van der Waals surface area contributed by atoms with Gasteiger partial charge in [-0.25, -0.2) is 4.98 Å². The number of ether oxygens (including phenoxy) is 1. The number of nitrogens with two attached hydrogens (primary N) is 1. The second kappa shape index (κ2) is 6.56. The van der Waals surface area contributed by atoms with Gasteiger partial charge in [-0.3, -0.25) is 4.98 Å². The Morgan fingerprint density at radius 1 is 0.955 bits per heavy atom. The molecule has 0 aliphatic carbocycles. The molecule has 0 amide bonds. The minimum absolute atomic E-state index is 0.401. The first-order valence-electron chi connectivity index (χ1n) is 6.80. The van der Waals surface area contributed by atoms with Gasteiger partial charge in [0.2, 0.25) is 5.88 Å². The molecule has 2 heterocycles. The van der Waals surface area contributed by atoms with Crippen LogP contribution in [0.15, 0.2) is 60.9 Å². The highest BCUT2D eigenvalue weighted by atomic mass is 35.5. The SMILES string of the molecule is NCc1cccnc1-c1cccnc1Oc1ccc(Cl)cc1. The van der Waals surface area contributed by atoms with Crippen LogP contribution < -0.4 is 10.5 Å². The fourth-order valence-electron chi connectivity index (χ4n) is 2.11. The summed E-state index contributed by atoms with van der Waals surface area (Å²) < 4.78 is 5.87. The molecule has 110 valence electrons. The first-order valence-corrected chi connectivity index (χ1v) is 7.18. The van der Waals surface area contributed by atoms with Gasteiger partial charge in [-0.15, -0.1) is 0 Å². The van der Waals surface area contributed by atoms with Crippen molar-refractivity contribution in [3.63, 3.8) is 0 Å². The van der Waals surface area contributed by atoms with E-state index in [1.165, 1.54) is 0 Å². The number of hydrogen-bond donors (Lipinski definition) is 1. The summed E-state index contributed by atoms with van der Waals surface area (Å²) >= 11 is 5.89. The van der Waals surface area contributed by atoms with Crippen molar-refractivity contribution in [2.45, 2.75) is 6.54 Å². The van der Waals surface area contributed by atoms with E-state index < -0.39 is 0 Å². The van der Waals surface area contributed by atoms with Crippen LogP contribution in [0, 0.1) is 0 Å². The molecule has 0 saturated heterocycles. The minimum Gasteiger partial charge on any atom is -0.438 e. The minimum atomic E-state index is 0.401. The van der Waals surface area contributed by atoms with Gasteiger partial charge >= 0.3 is 0 Å². The zero-order chi connectivity index (χ0) is 15.4. The molecule has 0 aliphatic rings. The van der Waals surface area contributed by atoms with Gasteiger partial charge in [0.05, 0.1) is 11.3 Å². The number of benzene rings is 1. The monoisotopic (exact) mass is 311 g/mol. The lowest BCUT2D eigenvalue weighted by Crippen LogP contribution is -2.01. The summed E-state index contributed by atoms with van der Waals surface area (Å²) in [6.07, 6.45) is 3.41. The van der Waals surface area contributed by atoms with Gasteiger partial charge in [-0.05, 0) is 48.0 Å². The van der Waals surface area contributed by atoms with Gasteiger partial charge in [0.15, 0.2) is 0 Å². The first-order chi connectivity index (χ1) is 10.8. The van der Waals surface area contributed by atoms with Crippen LogP contribution >= 0.6 is 11.6 Å². The van der Waals surface area contributed by atoms with Crippen molar-refractivity contribution < 1.29 is 4.74 Å². The first kappa shape index (κ1) is 14.5. The summed E-state index contributed by atoms with van der Waals surface area (Å²) in [6, 6.07) is 14.7. The van der Waals surface area contributed by atoms with Crippen molar-refractivity contribution in [2.24, 2.45) is 5.73 Å². The van der Waals surface area contributed by atoms with E-state index in [-0.39, 0.29) is 0 Å². The Morgan fingerprint density at radius 2 is 1.68 bits per heavy atom. The molecule has 0 bridgehead atoms. The predicted molar refractivity (Wildman–Crippen MR) is 86.9 cm³/mol. The fraction of sp³-hybridized carbons (Fsp3) is 0.0588. The fourth-order valence-corrected chi connectivity index (χ4v) is 2.24. The van der Waals surface area contributed by atoms with Crippen LogP contribution in [0.25, 0.3) is 11.3 Å². The van der Waals surface area contributed by atoms with E-state index in [9.17, 15) is 0 Å². The van der Waals surface area contributed by atoms with E-state index in [1.807, 2.05) is 24.3 Å². The molecule has 0 radical (unpaired) electrons. The maximum absolute atomic E-state index is 5.89. The quantitative estimate of drug-likeness (QED) is 0.789. The normalized spacial score (nSPS) is 10.5. The Bertz CT molecular complexity index is 775. The Kier molecular flexibility index (Phi) is 4.32. The molecule has 0 saturated carbocycles. The van der Waals surface area contributed by atoms with Crippen molar-refractivity contribution in [3.8, 4) is 22.9 Å². The third-order valence-electron chi connectivity index (χ3n) is 3.17. The van der Waals surface area contributed by atoms with Crippen molar-refractivity contribution in [3.05, 3.63) is 71.5 Å². The zero-order valence-corrected chi connectivity index (χ0v) is 12.5. The molecule has 5 heteroatoms. The average molecular weight is 312 g/mol. The largest absolute Gasteiger partial charge is 0.438 e. The second-order valence-electron chi connectivity index (χ2n) is 4.63. The van der Waals surface area contributed by atoms with Gasteiger partial charge in [0.25, 0.3) is 0 Å². The highest BCUT2D eigenvalue weighted by molar-refractivity contribution is 6.30. The van der Waals surface area contributed by atoms with E-state index in [4.69, 9.17) is 22.1 Å². The maximum Gasteiger partial charge on any atom is 0.228 e. The summed E-state index contributed by atoms with van der Waals surface area (Å²) in [4.78, 5) is 8.73. The van der Waals surface area contributed by atoms with Gasteiger partial charge in [0.1, 0.15) is 5.75 Å². The lowest BCUT2D eigenvalue weighted by molar-refractivity contribution is 0.464. The van der Waals surface area contributed by atoms with E-state index >= 15 is 0 Å². The molecule has 4 nitrogen and oxygen atoms in total. The number of pyridine rings is 2. The van der Waals surface area contributed by atoms with Crippen molar-refractivity contribution in [1.29, 1.82) is 0 Å². The number of hydrogen-bond acceptors (Lipinski definition) is 4. The standard InChI is InChI=1S/C17H14ClN3O/c18-13-5-7-14(8-6-13)22-17-15(4-2-10-21-17)16-12(11-19)3-1-9-20-16/h1-10H,11,19H2. The molecule has 0 fully saturated rings. The van der Waals surface area contributed by atoms with Crippen LogP contribution in [0.2, 0.25) is 5.02 Å². The van der Waals surface area contributed by atoms with Crippen molar-refractivity contribution in [1.82, 2.24) is 9.97 Å². The molecule has 1 aromatic carbocycles. The Hall–Kier alpha value is -2.43. The molecule has 3 rings (SSSR count). The van der Waals surface area contributed by atoms with Crippen molar-refractivity contribution >= 4 is 11.6 Å². The summed E-state index contributed by atoms with van der Waals surface area (Å²) in [7, 11) is 0. The van der Waals surface area contributed by atoms with E-state index in [1.54, 1.807) is 36.7 Å². The topological polar surface area (TPSA) is 61.0 Å². The van der Waals surface area contributed by atoms with Gasteiger partial charge in [-0.2, -0.15) is 0 Å². The zero-order valence-electron chi connectivity index (χ0n) is 11.7. The van der Waals surface area contributed by atoms with Crippen LogP contribution in [0.4, 0.5) is 0 Å². The third kappa shape index (κ3) is 3.08. The highest BCUT2D eigenvalue weighted by Crippen LogP contribution is 2.32. The highest BCUT2D eigenvalue weighted by Gasteiger charge is 2.12. The number of aromatic nitrogens is 2. The molecule has 22 heavy (non-hydrogen) atoms. The maximum atomic E-state index is 5.89. The molecular weight excluding hydrogens is 298 g/mol. The Labute approximate surface area is 133 Å². The summed E-state index contributed by atoms with van der Waals surface area (Å²) in [6.45, 7) is 0.401. The summed E-state index contributed by atoms with van der Waals surface area (Å²) in [5.74, 6) is 1.15. The van der Waals surface area contributed by atoms with Crippen LogP contribution in [0.5, 0.6) is 11.6 Å². The van der Waals surface area contributed by atoms with Gasteiger partial charge < -0.3 is 10.5 Å². The molecular formula is C17H14ClN3O. The van der Waals surface area contributed by atoms with E-state index in [0.29, 0.717) is 23.2 Å². The van der Waals surface area contributed by atoms with E-state index in [0.717, 1.165) is 16.8 Å². The number of rotatable bonds is 4. The molecule has 0 spiro atoms. The van der Waals surface area contributed by atoms with Gasteiger partial charge in [-0.1, -0.05) is 17.7 Å². The van der Waals surface area contributed by atoms with Crippen LogP contribution in [-0.4, -0.2) is 9.97 Å². The lowest BCUT2D eigenvalue weighted by atomic mass is 10.1. The second-order valence-corrected chi connectivity index (χ2v) is 5.06. The van der Waals surface area contributed by atoms with Crippen molar-refractivity contribution in [2.75, 3.05) is 0 Å². The third-order valence-corrected chi connectivity index (χ3v) is 3.42. The predicted octanol–water partition coefficient (Wildman–Crippen LogP) is 4.05. The number of halogens is 1. The molecule has 2 N–H and O–H groups in total. The summed E-state index contributed by atoms with van der Waals surface area (Å²) in [5, 5.41) is 0.656. The Balaban J connectivity index is 2.01. The van der Waals surface area contributed by atoms with Gasteiger partial charge in [0, 0.05) is 24.0 Å². The molecule has 2 aromatic heterocycles. The lowest BCUT2D eigenvalue weighted by Gasteiger charge is -2.11. The molecule has 0 atom stereocenters. The smallest absolute Gasteiger partial charge is 0.228 e. The molecule has 0 unspecified atom stereocenters. The molecule has 3 aromatic rings. The van der Waals surface area contributed by atoms with Crippen LogP contribution in [-0.2, 0) is 6.54 Å². The average Bonchev–Trinajstić information content (AvgIpc) is 2.57.